The number of para-hydroxylation sites is 1. The number of carbonyl (C=O) groups is 1. The molecule has 116 valence electrons. The fraction of sp³-hybridized carbons (Fsp3) is 0.353. The maximum atomic E-state index is 12.4. The van der Waals surface area contributed by atoms with E-state index in [-0.39, 0.29) is 11.9 Å². The van der Waals surface area contributed by atoms with E-state index in [1.807, 2.05) is 17.0 Å². The summed E-state index contributed by atoms with van der Waals surface area (Å²) in [6.07, 6.45) is 2.21. The lowest BCUT2D eigenvalue weighted by Gasteiger charge is -2.30. The molecule has 0 N–H and O–H groups in total. The van der Waals surface area contributed by atoms with Gasteiger partial charge in [0.05, 0.1) is 5.02 Å². The zero-order chi connectivity index (χ0) is 15.5. The summed E-state index contributed by atoms with van der Waals surface area (Å²) in [5.74, 6) is 1.52. The van der Waals surface area contributed by atoms with Gasteiger partial charge in [-0.05, 0) is 37.0 Å². The van der Waals surface area contributed by atoms with Gasteiger partial charge >= 0.3 is 0 Å². The number of rotatable bonds is 3. The van der Waals surface area contributed by atoms with Crippen molar-refractivity contribution in [1.29, 1.82) is 0 Å². The lowest BCUT2D eigenvalue weighted by molar-refractivity contribution is 0.0646. The Balaban J connectivity index is 1.71. The number of piperidine rings is 1. The molecule has 1 aromatic carbocycles. The molecule has 4 nitrogen and oxygen atoms in total. The normalized spacial score (nSPS) is 18.3. The van der Waals surface area contributed by atoms with E-state index in [0.29, 0.717) is 22.5 Å². The molecule has 1 aromatic heterocycles. The van der Waals surface area contributed by atoms with Crippen LogP contribution in [0.4, 0.5) is 0 Å². The number of nitrogens with zero attached hydrogens (tertiary/aromatic N) is 1. The standard InChI is InChI=1S/C17H18ClNO3/c1-12-5-4-10-19(11-12)17(20)15-8-9-16(22-15)21-14-7-3-2-6-13(14)18/h2-3,6-9,12H,4-5,10-11H2,1H3/t12-/m1/s1. The molecule has 1 aliphatic heterocycles. The van der Waals surface area contributed by atoms with Crippen molar-refractivity contribution in [2.24, 2.45) is 5.92 Å². The van der Waals surface area contributed by atoms with Gasteiger partial charge in [-0.25, -0.2) is 0 Å². The topological polar surface area (TPSA) is 42.7 Å². The van der Waals surface area contributed by atoms with Crippen LogP contribution < -0.4 is 4.74 Å². The molecule has 2 aromatic rings. The molecule has 2 heterocycles. The number of carbonyl (C=O) groups excluding carboxylic acids is 1. The highest BCUT2D eigenvalue weighted by atomic mass is 35.5. The minimum absolute atomic E-state index is 0.0828. The van der Waals surface area contributed by atoms with Crippen molar-refractivity contribution in [1.82, 2.24) is 4.90 Å². The van der Waals surface area contributed by atoms with Gasteiger partial charge in [-0.15, -0.1) is 0 Å². The van der Waals surface area contributed by atoms with E-state index in [1.165, 1.54) is 6.42 Å². The van der Waals surface area contributed by atoms with Crippen LogP contribution in [0.3, 0.4) is 0 Å². The van der Waals surface area contributed by atoms with Gasteiger partial charge in [0.1, 0.15) is 5.75 Å². The third-order valence-corrected chi connectivity index (χ3v) is 4.10. The smallest absolute Gasteiger partial charge is 0.290 e. The quantitative estimate of drug-likeness (QED) is 0.830. The molecular weight excluding hydrogens is 302 g/mol. The van der Waals surface area contributed by atoms with Crippen LogP contribution >= 0.6 is 11.6 Å². The second-order valence-electron chi connectivity index (χ2n) is 5.65. The summed E-state index contributed by atoms with van der Waals surface area (Å²) in [5, 5.41) is 0.497. The summed E-state index contributed by atoms with van der Waals surface area (Å²) in [6.45, 7) is 3.72. The maximum absolute atomic E-state index is 12.4. The average molecular weight is 320 g/mol. The van der Waals surface area contributed by atoms with Gasteiger partial charge in [-0.2, -0.15) is 0 Å². The molecule has 1 saturated heterocycles. The zero-order valence-electron chi connectivity index (χ0n) is 12.4. The van der Waals surface area contributed by atoms with Gasteiger partial charge in [-0.1, -0.05) is 30.7 Å². The number of benzene rings is 1. The molecular formula is C17H18ClNO3. The minimum atomic E-state index is -0.0828. The molecule has 0 saturated carbocycles. The van der Waals surface area contributed by atoms with Crippen LogP contribution in [0, 0.1) is 5.92 Å². The molecule has 22 heavy (non-hydrogen) atoms. The Morgan fingerprint density at radius 2 is 2.14 bits per heavy atom. The number of likely N-dealkylation sites (tertiary alicyclic amines) is 1. The predicted molar refractivity (Wildman–Crippen MR) is 84.5 cm³/mol. The Hall–Kier alpha value is -1.94. The highest BCUT2D eigenvalue weighted by Crippen LogP contribution is 2.30. The molecule has 1 amide bonds. The van der Waals surface area contributed by atoms with Crippen molar-refractivity contribution in [2.75, 3.05) is 13.1 Å². The van der Waals surface area contributed by atoms with Gasteiger partial charge in [-0.3, -0.25) is 4.79 Å². The van der Waals surface area contributed by atoms with Crippen LogP contribution in [-0.4, -0.2) is 23.9 Å². The number of halogens is 1. The van der Waals surface area contributed by atoms with Gasteiger partial charge in [0.25, 0.3) is 11.9 Å². The average Bonchev–Trinajstić information content (AvgIpc) is 2.97. The highest BCUT2D eigenvalue weighted by molar-refractivity contribution is 6.32. The highest BCUT2D eigenvalue weighted by Gasteiger charge is 2.24. The van der Waals surface area contributed by atoms with Crippen LogP contribution in [0.5, 0.6) is 11.7 Å². The Bertz CT molecular complexity index is 667. The van der Waals surface area contributed by atoms with Crippen LogP contribution in [0.25, 0.3) is 0 Å². The molecule has 3 rings (SSSR count). The third-order valence-electron chi connectivity index (χ3n) is 3.78. The van der Waals surface area contributed by atoms with E-state index in [1.54, 1.807) is 24.3 Å². The van der Waals surface area contributed by atoms with E-state index in [2.05, 4.69) is 6.92 Å². The van der Waals surface area contributed by atoms with Crippen molar-refractivity contribution in [3.8, 4) is 11.7 Å². The second kappa shape index (κ2) is 6.44. The Morgan fingerprint density at radius 3 is 2.91 bits per heavy atom. The van der Waals surface area contributed by atoms with Gasteiger partial charge in [0, 0.05) is 19.2 Å². The fourth-order valence-electron chi connectivity index (χ4n) is 2.66. The Kier molecular flexibility index (Phi) is 4.39. The predicted octanol–water partition coefficient (Wildman–Crippen LogP) is 4.60. The van der Waals surface area contributed by atoms with Crippen LogP contribution in [0.2, 0.25) is 5.02 Å². The summed E-state index contributed by atoms with van der Waals surface area (Å²) in [5.41, 5.74) is 0. The van der Waals surface area contributed by atoms with Gasteiger partial charge in [0.2, 0.25) is 0 Å². The summed E-state index contributed by atoms with van der Waals surface area (Å²) in [4.78, 5) is 14.3. The van der Waals surface area contributed by atoms with Gasteiger partial charge < -0.3 is 14.1 Å². The van der Waals surface area contributed by atoms with E-state index in [4.69, 9.17) is 20.8 Å². The van der Waals surface area contributed by atoms with Crippen LogP contribution in [0.1, 0.15) is 30.3 Å². The first-order valence-electron chi connectivity index (χ1n) is 7.45. The maximum Gasteiger partial charge on any atom is 0.290 e. The summed E-state index contributed by atoms with van der Waals surface area (Å²) in [6, 6.07) is 10.4. The largest absolute Gasteiger partial charge is 0.424 e. The first-order valence-corrected chi connectivity index (χ1v) is 7.83. The Morgan fingerprint density at radius 1 is 1.32 bits per heavy atom. The van der Waals surface area contributed by atoms with Crippen molar-refractivity contribution < 1.29 is 13.9 Å². The van der Waals surface area contributed by atoms with E-state index in [9.17, 15) is 4.79 Å². The van der Waals surface area contributed by atoms with E-state index < -0.39 is 0 Å². The summed E-state index contributed by atoms with van der Waals surface area (Å²) >= 11 is 6.04. The monoisotopic (exact) mass is 319 g/mol. The second-order valence-corrected chi connectivity index (χ2v) is 6.06. The van der Waals surface area contributed by atoms with Gasteiger partial charge in [0.15, 0.2) is 5.76 Å². The molecule has 0 bridgehead atoms. The molecule has 1 atom stereocenters. The SMILES string of the molecule is C[C@@H]1CCCN(C(=O)c2ccc(Oc3ccccc3Cl)o2)C1. The summed E-state index contributed by atoms with van der Waals surface area (Å²) < 4.78 is 11.1. The first-order chi connectivity index (χ1) is 10.6. The lowest BCUT2D eigenvalue weighted by atomic mass is 10.0. The molecule has 0 aliphatic carbocycles. The van der Waals surface area contributed by atoms with Crippen LogP contribution in [0.15, 0.2) is 40.8 Å². The summed E-state index contributed by atoms with van der Waals surface area (Å²) in [7, 11) is 0. The number of furan rings is 1. The van der Waals surface area contributed by atoms with Crippen LogP contribution in [-0.2, 0) is 0 Å². The molecule has 1 aliphatic rings. The number of amides is 1. The van der Waals surface area contributed by atoms with E-state index >= 15 is 0 Å². The third kappa shape index (κ3) is 3.28. The van der Waals surface area contributed by atoms with Crippen molar-refractivity contribution in [2.45, 2.75) is 19.8 Å². The van der Waals surface area contributed by atoms with Crippen molar-refractivity contribution in [3.05, 3.63) is 47.2 Å². The Labute approximate surface area is 134 Å². The molecule has 1 fully saturated rings. The van der Waals surface area contributed by atoms with Crippen molar-refractivity contribution >= 4 is 17.5 Å². The van der Waals surface area contributed by atoms with Crippen molar-refractivity contribution in [3.63, 3.8) is 0 Å². The lowest BCUT2D eigenvalue weighted by Crippen LogP contribution is -2.38. The number of hydrogen-bond acceptors (Lipinski definition) is 3. The minimum Gasteiger partial charge on any atom is -0.424 e. The fourth-order valence-corrected chi connectivity index (χ4v) is 2.83. The molecule has 5 heteroatoms. The molecule has 0 spiro atoms. The zero-order valence-corrected chi connectivity index (χ0v) is 13.2. The molecule has 0 radical (unpaired) electrons. The molecule has 0 unspecified atom stereocenters. The first kappa shape index (κ1) is 15.0. The number of hydrogen-bond donors (Lipinski definition) is 0. The van der Waals surface area contributed by atoms with E-state index in [0.717, 1.165) is 19.5 Å². The number of ether oxygens (including phenoxy) is 1.